The number of Topliss-reactive ketones (excluding diaryl/α,β-unsaturated/α-hetero) is 1. The van der Waals surface area contributed by atoms with E-state index in [9.17, 15) is 14.4 Å². The number of ether oxygens (including phenoxy) is 1. The van der Waals surface area contributed by atoms with Crippen LogP contribution < -0.4 is 5.32 Å². The molecule has 11 heteroatoms. The summed E-state index contributed by atoms with van der Waals surface area (Å²) in [7, 11) is 0. The maximum absolute atomic E-state index is 12.4. The molecule has 3 aromatic rings. The normalized spacial score (nSPS) is 10.6. The highest BCUT2D eigenvalue weighted by Crippen LogP contribution is 2.34. The van der Waals surface area contributed by atoms with Gasteiger partial charge in [0.25, 0.3) is 5.22 Å². The van der Waals surface area contributed by atoms with Crippen LogP contribution in [0.5, 0.6) is 0 Å². The highest BCUT2D eigenvalue weighted by molar-refractivity contribution is 7.99. The largest absolute Gasteiger partial charge is 0.462 e. The standard InChI is InChI=1S/C19H18N4O5S2/c1-4-27-18(26)14-10(2)15(11(3)24)30-17(14)21-13(25)9-29-19-23-22-16(28-19)12-5-7-20-8-6-12/h5-8H,4,9H2,1-3H3,(H,21,25). The zero-order valence-corrected chi connectivity index (χ0v) is 18.1. The molecule has 0 aliphatic rings. The van der Waals surface area contributed by atoms with Crippen LogP contribution in [-0.4, -0.2) is 45.2 Å². The van der Waals surface area contributed by atoms with Gasteiger partial charge in [0.2, 0.25) is 11.8 Å². The zero-order chi connectivity index (χ0) is 21.7. The Morgan fingerprint density at radius 3 is 2.63 bits per heavy atom. The summed E-state index contributed by atoms with van der Waals surface area (Å²) in [5, 5.41) is 11.1. The smallest absolute Gasteiger partial charge is 0.341 e. The summed E-state index contributed by atoms with van der Waals surface area (Å²) in [4.78, 5) is 40.9. The first-order valence-electron chi connectivity index (χ1n) is 8.88. The van der Waals surface area contributed by atoms with Gasteiger partial charge in [0.15, 0.2) is 5.78 Å². The molecular weight excluding hydrogens is 428 g/mol. The van der Waals surface area contributed by atoms with Crippen molar-refractivity contribution in [3.05, 3.63) is 40.5 Å². The average molecular weight is 447 g/mol. The Labute approximate surface area is 180 Å². The number of amides is 1. The monoisotopic (exact) mass is 446 g/mol. The molecule has 0 aromatic carbocycles. The number of esters is 1. The van der Waals surface area contributed by atoms with Crippen LogP contribution in [0.15, 0.2) is 34.2 Å². The molecule has 0 fully saturated rings. The molecule has 0 aliphatic carbocycles. The third-order valence-electron chi connectivity index (χ3n) is 3.86. The van der Waals surface area contributed by atoms with Gasteiger partial charge in [0.1, 0.15) is 5.00 Å². The number of thiophene rings is 1. The fourth-order valence-corrected chi connectivity index (χ4v) is 4.23. The van der Waals surface area contributed by atoms with Crippen LogP contribution in [0, 0.1) is 6.92 Å². The van der Waals surface area contributed by atoms with Crippen molar-refractivity contribution in [3.63, 3.8) is 0 Å². The molecule has 0 saturated carbocycles. The molecule has 156 valence electrons. The minimum atomic E-state index is -0.583. The second-order valence-corrected chi connectivity index (χ2v) is 7.93. The lowest BCUT2D eigenvalue weighted by Gasteiger charge is -2.06. The van der Waals surface area contributed by atoms with Crippen molar-refractivity contribution in [2.24, 2.45) is 0 Å². The predicted octanol–water partition coefficient (Wildman–Crippen LogP) is 3.61. The van der Waals surface area contributed by atoms with E-state index >= 15 is 0 Å². The minimum absolute atomic E-state index is 0.0212. The maximum Gasteiger partial charge on any atom is 0.341 e. The Bertz CT molecular complexity index is 1080. The first kappa shape index (κ1) is 21.7. The van der Waals surface area contributed by atoms with Gasteiger partial charge < -0.3 is 14.5 Å². The van der Waals surface area contributed by atoms with Gasteiger partial charge in [-0.05, 0) is 38.5 Å². The van der Waals surface area contributed by atoms with Gasteiger partial charge in [0, 0.05) is 18.0 Å². The Hall–Kier alpha value is -3.05. The lowest BCUT2D eigenvalue weighted by Crippen LogP contribution is -2.16. The van der Waals surface area contributed by atoms with Gasteiger partial charge in [-0.3, -0.25) is 14.6 Å². The van der Waals surface area contributed by atoms with Gasteiger partial charge in [-0.25, -0.2) is 4.79 Å². The van der Waals surface area contributed by atoms with Crippen LogP contribution in [0.1, 0.15) is 39.4 Å². The number of nitrogens with one attached hydrogen (secondary N) is 1. The third-order valence-corrected chi connectivity index (χ3v) is 5.99. The van der Waals surface area contributed by atoms with Crippen LogP contribution in [0.4, 0.5) is 5.00 Å². The number of rotatable bonds is 8. The van der Waals surface area contributed by atoms with Crippen LogP contribution in [0.25, 0.3) is 11.5 Å². The molecule has 0 bridgehead atoms. The van der Waals surface area contributed by atoms with Crippen LogP contribution >= 0.6 is 23.1 Å². The summed E-state index contributed by atoms with van der Waals surface area (Å²) in [6, 6.07) is 3.47. The van der Waals surface area contributed by atoms with Crippen molar-refractivity contribution in [1.82, 2.24) is 15.2 Å². The fraction of sp³-hybridized carbons (Fsp3) is 0.263. The van der Waals surface area contributed by atoms with E-state index in [1.807, 2.05) is 0 Å². The van der Waals surface area contributed by atoms with Crippen molar-refractivity contribution >= 4 is 45.8 Å². The summed E-state index contributed by atoms with van der Waals surface area (Å²) in [5.74, 6) is -0.851. The molecule has 0 unspecified atom stereocenters. The SMILES string of the molecule is CCOC(=O)c1c(NC(=O)CSc2nnc(-c3ccncc3)o2)sc(C(C)=O)c1C. The van der Waals surface area contributed by atoms with Gasteiger partial charge in [-0.15, -0.1) is 21.5 Å². The molecule has 30 heavy (non-hydrogen) atoms. The summed E-state index contributed by atoms with van der Waals surface area (Å²) >= 11 is 2.11. The Morgan fingerprint density at radius 1 is 1.23 bits per heavy atom. The number of carbonyl (C=O) groups is 3. The van der Waals surface area contributed by atoms with Gasteiger partial charge >= 0.3 is 5.97 Å². The van der Waals surface area contributed by atoms with Crippen LogP contribution in [0.2, 0.25) is 0 Å². The number of carbonyl (C=O) groups excluding carboxylic acids is 3. The first-order valence-corrected chi connectivity index (χ1v) is 10.7. The van der Waals surface area contributed by atoms with E-state index in [0.29, 0.717) is 16.3 Å². The predicted molar refractivity (Wildman–Crippen MR) is 112 cm³/mol. The molecule has 3 aromatic heterocycles. The van der Waals surface area contributed by atoms with Crippen LogP contribution in [-0.2, 0) is 9.53 Å². The van der Waals surface area contributed by atoms with Gasteiger partial charge in [-0.1, -0.05) is 11.8 Å². The zero-order valence-electron chi connectivity index (χ0n) is 16.4. The average Bonchev–Trinajstić information content (AvgIpc) is 3.32. The number of pyridine rings is 1. The van der Waals surface area contributed by atoms with Crippen molar-refractivity contribution in [2.45, 2.75) is 26.0 Å². The number of nitrogens with zero attached hydrogens (tertiary/aromatic N) is 3. The van der Waals surface area contributed by atoms with E-state index in [2.05, 4.69) is 20.5 Å². The highest BCUT2D eigenvalue weighted by Gasteiger charge is 2.25. The molecule has 1 N–H and O–H groups in total. The second-order valence-electron chi connectivity index (χ2n) is 5.98. The quantitative estimate of drug-likeness (QED) is 0.314. The molecule has 0 atom stereocenters. The molecule has 3 rings (SSSR count). The fourth-order valence-electron chi connectivity index (χ4n) is 2.56. The van der Waals surface area contributed by atoms with Crippen molar-refractivity contribution < 1.29 is 23.5 Å². The van der Waals surface area contributed by atoms with E-state index in [-0.39, 0.29) is 39.8 Å². The van der Waals surface area contributed by atoms with Crippen LogP contribution in [0.3, 0.4) is 0 Å². The number of aromatic nitrogens is 3. The van der Waals surface area contributed by atoms with E-state index in [1.165, 1.54) is 6.92 Å². The molecule has 0 spiro atoms. The van der Waals surface area contributed by atoms with E-state index < -0.39 is 5.97 Å². The summed E-state index contributed by atoms with van der Waals surface area (Å²) in [5.41, 5.74) is 1.41. The number of hydrogen-bond donors (Lipinski definition) is 1. The third kappa shape index (κ3) is 4.92. The summed E-state index contributed by atoms with van der Waals surface area (Å²) < 4.78 is 10.6. The lowest BCUT2D eigenvalue weighted by molar-refractivity contribution is -0.113. The van der Waals surface area contributed by atoms with Gasteiger partial charge in [0.05, 0.1) is 22.8 Å². The topological polar surface area (TPSA) is 124 Å². The van der Waals surface area contributed by atoms with Crippen molar-refractivity contribution in [2.75, 3.05) is 17.7 Å². The Balaban J connectivity index is 1.69. The van der Waals surface area contributed by atoms with Crippen molar-refractivity contribution in [3.8, 4) is 11.5 Å². The van der Waals surface area contributed by atoms with E-state index in [1.54, 1.807) is 38.4 Å². The number of hydrogen-bond acceptors (Lipinski definition) is 10. The Kier molecular flexibility index (Phi) is 6.95. The number of anilines is 1. The Morgan fingerprint density at radius 2 is 1.97 bits per heavy atom. The van der Waals surface area contributed by atoms with Gasteiger partial charge in [-0.2, -0.15) is 0 Å². The molecule has 0 aliphatic heterocycles. The summed E-state index contributed by atoms with van der Waals surface area (Å²) in [6.45, 7) is 4.93. The highest BCUT2D eigenvalue weighted by atomic mass is 32.2. The minimum Gasteiger partial charge on any atom is -0.462 e. The number of ketones is 1. The maximum atomic E-state index is 12.4. The number of thioether (sulfide) groups is 1. The molecule has 0 radical (unpaired) electrons. The molecule has 9 nitrogen and oxygen atoms in total. The van der Waals surface area contributed by atoms with Crippen molar-refractivity contribution in [1.29, 1.82) is 0 Å². The summed E-state index contributed by atoms with van der Waals surface area (Å²) in [6.07, 6.45) is 3.22. The van der Waals surface area contributed by atoms with E-state index in [0.717, 1.165) is 28.7 Å². The first-order chi connectivity index (χ1) is 14.4. The molecule has 3 heterocycles. The molecular formula is C19H18N4O5S2. The van der Waals surface area contributed by atoms with E-state index in [4.69, 9.17) is 9.15 Å². The molecule has 1 amide bonds. The molecule has 0 saturated heterocycles. The lowest BCUT2D eigenvalue weighted by atomic mass is 10.1. The second kappa shape index (κ2) is 9.63.